The molecule has 2 N–H and O–H groups in total. The average Bonchev–Trinajstić information content (AvgIpc) is 2.84. The van der Waals surface area contributed by atoms with Crippen molar-refractivity contribution in [3.8, 4) is 11.5 Å². The fraction of sp³-hybridized carbons (Fsp3) is 0.429. The third-order valence-corrected chi connectivity index (χ3v) is 6.87. The van der Waals surface area contributed by atoms with Gasteiger partial charge in [0.15, 0.2) is 29.7 Å². The van der Waals surface area contributed by atoms with Gasteiger partial charge in [-0.2, -0.15) is 0 Å². The number of benzene rings is 1. The number of aliphatic carboxylic acids is 2. The number of Topliss-reactive ketones (excluding diaryl/α,β-unsaturated/α-hetero) is 2. The van der Waals surface area contributed by atoms with Crippen LogP contribution in [-0.4, -0.2) is 58.4 Å². The van der Waals surface area contributed by atoms with Gasteiger partial charge >= 0.3 is 11.9 Å². The Labute approximate surface area is 215 Å². The van der Waals surface area contributed by atoms with Crippen molar-refractivity contribution >= 4 is 23.5 Å². The average molecular weight is 510 g/mol. The maximum atomic E-state index is 13.4. The van der Waals surface area contributed by atoms with E-state index in [-0.39, 0.29) is 30.5 Å². The van der Waals surface area contributed by atoms with E-state index in [0.29, 0.717) is 84.4 Å². The number of carbonyl (C=O) groups excluding carboxylic acids is 2. The number of nitrogens with zero attached hydrogens (tertiary/aromatic N) is 1. The Hall–Kier alpha value is -3.88. The maximum Gasteiger partial charge on any atom is 0.341 e. The smallest absolute Gasteiger partial charge is 0.341 e. The first kappa shape index (κ1) is 26.2. The van der Waals surface area contributed by atoms with E-state index >= 15 is 0 Å². The largest absolute Gasteiger partial charge is 0.490 e. The van der Waals surface area contributed by atoms with Crippen LogP contribution in [0.1, 0.15) is 62.5 Å². The van der Waals surface area contributed by atoms with Gasteiger partial charge in [0.25, 0.3) is 0 Å². The van der Waals surface area contributed by atoms with Gasteiger partial charge < -0.3 is 24.6 Å². The molecule has 9 heteroatoms. The van der Waals surface area contributed by atoms with Gasteiger partial charge in [0.2, 0.25) is 0 Å². The van der Waals surface area contributed by atoms with E-state index in [1.165, 1.54) is 0 Å². The second-order valence-corrected chi connectivity index (χ2v) is 9.30. The molecule has 0 fully saturated rings. The lowest BCUT2D eigenvalue weighted by Gasteiger charge is -2.43. The first-order valence-electron chi connectivity index (χ1n) is 12.5. The second kappa shape index (κ2) is 11.0. The van der Waals surface area contributed by atoms with Crippen LogP contribution < -0.4 is 9.47 Å². The van der Waals surface area contributed by atoms with Gasteiger partial charge in [-0.25, -0.2) is 4.79 Å². The van der Waals surface area contributed by atoms with E-state index < -0.39 is 24.5 Å². The van der Waals surface area contributed by atoms with E-state index in [1.54, 1.807) is 24.0 Å². The molecule has 0 saturated heterocycles. The van der Waals surface area contributed by atoms with E-state index in [2.05, 4.69) is 6.58 Å². The van der Waals surface area contributed by atoms with Crippen LogP contribution in [0.4, 0.5) is 0 Å². The second-order valence-electron chi connectivity index (χ2n) is 9.30. The van der Waals surface area contributed by atoms with Crippen molar-refractivity contribution in [3.05, 3.63) is 58.5 Å². The molecule has 0 bridgehead atoms. The molecule has 0 spiro atoms. The predicted molar refractivity (Wildman–Crippen MR) is 133 cm³/mol. The molecule has 0 radical (unpaired) electrons. The monoisotopic (exact) mass is 509 g/mol. The molecule has 2 aliphatic carbocycles. The summed E-state index contributed by atoms with van der Waals surface area (Å²) in [6, 6.07) is 3.53. The molecule has 9 nitrogen and oxygen atoms in total. The number of rotatable bonds is 10. The molecule has 0 aromatic heterocycles. The van der Waals surface area contributed by atoms with Crippen molar-refractivity contribution in [1.29, 1.82) is 0 Å². The first-order chi connectivity index (χ1) is 17.8. The van der Waals surface area contributed by atoms with Crippen LogP contribution in [0, 0.1) is 0 Å². The number of ketones is 2. The highest BCUT2D eigenvalue weighted by Crippen LogP contribution is 2.50. The molecule has 1 aliphatic heterocycles. The molecule has 4 rings (SSSR count). The van der Waals surface area contributed by atoms with Crippen LogP contribution in [0.15, 0.2) is 47.3 Å². The van der Waals surface area contributed by atoms with Crippen LogP contribution in [0.5, 0.6) is 11.5 Å². The Morgan fingerprint density at radius 2 is 1.62 bits per heavy atom. The lowest BCUT2D eigenvalue weighted by molar-refractivity contribution is -0.139. The van der Waals surface area contributed by atoms with Crippen molar-refractivity contribution in [2.24, 2.45) is 0 Å². The standard InChI is InChI=1S/C28H31NO8/c1-3-7-16-12-17(13-22(36-4-2)28(16)37-15-24(34)35)25-26-18(8-5-10-20(26)30)29(14-23(32)33)19-9-6-11-21(31)27(19)25/h3,12-13,25H,1,4-11,14-15H2,2H3,(H,32,33)(H,34,35). The molecule has 196 valence electrons. The Bertz CT molecular complexity index is 1180. The summed E-state index contributed by atoms with van der Waals surface area (Å²) >= 11 is 0. The molecule has 1 aromatic carbocycles. The van der Waals surface area contributed by atoms with Gasteiger partial charge in [0.05, 0.1) is 6.61 Å². The summed E-state index contributed by atoms with van der Waals surface area (Å²) in [5.41, 5.74) is 3.56. The van der Waals surface area contributed by atoms with Crippen molar-refractivity contribution in [2.45, 2.75) is 57.8 Å². The molecule has 3 aliphatic rings. The minimum Gasteiger partial charge on any atom is -0.490 e. The van der Waals surface area contributed by atoms with Crippen LogP contribution >= 0.6 is 0 Å². The summed E-state index contributed by atoms with van der Waals surface area (Å²) in [7, 11) is 0. The molecule has 0 saturated carbocycles. The summed E-state index contributed by atoms with van der Waals surface area (Å²) in [5.74, 6) is -2.41. The van der Waals surface area contributed by atoms with Crippen LogP contribution in [0.25, 0.3) is 0 Å². The van der Waals surface area contributed by atoms with E-state index in [1.807, 2.05) is 6.07 Å². The SMILES string of the molecule is C=CCc1cc(C2C3=C(CCCC3=O)N(CC(=O)O)C3=C2C(=O)CCC3)cc(OCC)c1OCC(=O)O. The molecule has 0 atom stereocenters. The zero-order valence-electron chi connectivity index (χ0n) is 20.9. The summed E-state index contributed by atoms with van der Waals surface area (Å²) in [6.07, 6.45) is 4.98. The van der Waals surface area contributed by atoms with Crippen LogP contribution in [0.3, 0.4) is 0 Å². The number of carbonyl (C=O) groups is 4. The number of ether oxygens (including phenoxy) is 2. The molecule has 37 heavy (non-hydrogen) atoms. The Morgan fingerprint density at radius 1 is 1.00 bits per heavy atom. The van der Waals surface area contributed by atoms with Gasteiger partial charge in [-0.1, -0.05) is 12.1 Å². The molecule has 0 unspecified atom stereocenters. The predicted octanol–water partition coefficient (Wildman–Crippen LogP) is 3.78. The maximum absolute atomic E-state index is 13.4. The highest BCUT2D eigenvalue weighted by molar-refractivity contribution is 6.06. The van der Waals surface area contributed by atoms with Crippen molar-refractivity contribution < 1.29 is 38.9 Å². The summed E-state index contributed by atoms with van der Waals surface area (Å²) in [5, 5.41) is 18.8. The van der Waals surface area contributed by atoms with Crippen molar-refractivity contribution in [2.75, 3.05) is 19.8 Å². The zero-order valence-corrected chi connectivity index (χ0v) is 20.9. The number of carboxylic acids is 2. The normalized spacial score (nSPS) is 17.9. The highest BCUT2D eigenvalue weighted by atomic mass is 16.5. The minimum absolute atomic E-state index is 0.0963. The van der Waals surface area contributed by atoms with E-state index in [9.17, 15) is 24.3 Å². The van der Waals surface area contributed by atoms with Gasteiger partial charge in [-0.05, 0) is 50.7 Å². The Balaban J connectivity index is 1.96. The third kappa shape index (κ3) is 5.16. The Morgan fingerprint density at radius 3 is 2.14 bits per heavy atom. The molecule has 0 amide bonds. The van der Waals surface area contributed by atoms with Gasteiger partial charge in [0, 0.05) is 46.9 Å². The molecule has 1 heterocycles. The van der Waals surface area contributed by atoms with E-state index in [0.717, 1.165) is 0 Å². The fourth-order valence-corrected chi connectivity index (χ4v) is 5.59. The van der Waals surface area contributed by atoms with Crippen LogP contribution in [-0.2, 0) is 25.6 Å². The fourth-order valence-electron chi connectivity index (χ4n) is 5.59. The molecular weight excluding hydrogens is 478 g/mol. The number of hydrogen-bond acceptors (Lipinski definition) is 7. The van der Waals surface area contributed by atoms with E-state index in [4.69, 9.17) is 14.6 Å². The summed E-state index contributed by atoms with van der Waals surface area (Å²) in [6.45, 7) is 5.02. The number of carboxylic acid groups (broad SMARTS) is 2. The van der Waals surface area contributed by atoms with Gasteiger partial charge in [0.1, 0.15) is 6.54 Å². The van der Waals surface area contributed by atoms with Gasteiger partial charge in [-0.15, -0.1) is 6.58 Å². The molecule has 1 aromatic rings. The molecular formula is C28H31NO8. The highest BCUT2D eigenvalue weighted by Gasteiger charge is 2.44. The summed E-state index contributed by atoms with van der Waals surface area (Å²) < 4.78 is 11.4. The summed E-state index contributed by atoms with van der Waals surface area (Å²) in [4.78, 5) is 51.4. The first-order valence-corrected chi connectivity index (χ1v) is 12.5. The number of allylic oxidation sites excluding steroid dienone is 5. The number of hydrogen-bond donors (Lipinski definition) is 2. The lowest BCUT2D eigenvalue weighted by Crippen LogP contribution is -2.41. The topological polar surface area (TPSA) is 130 Å². The Kier molecular flexibility index (Phi) is 7.80. The van der Waals surface area contributed by atoms with Crippen LogP contribution in [0.2, 0.25) is 0 Å². The van der Waals surface area contributed by atoms with Crippen molar-refractivity contribution in [1.82, 2.24) is 4.90 Å². The third-order valence-electron chi connectivity index (χ3n) is 6.87. The quantitative estimate of drug-likeness (QED) is 0.453. The minimum atomic E-state index is -1.13. The zero-order chi connectivity index (χ0) is 26.7. The lowest BCUT2D eigenvalue weighted by atomic mass is 9.70. The van der Waals surface area contributed by atoms with Gasteiger partial charge in [-0.3, -0.25) is 14.4 Å². The van der Waals surface area contributed by atoms with Crippen molar-refractivity contribution in [3.63, 3.8) is 0 Å².